The molecule has 0 atom stereocenters. The Labute approximate surface area is 217 Å². The largest absolute Gasteiger partial charge is 0.493 e. The van der Waals surface area contributed by atoms with Crippen molar-refractivity contribution in [1.82, 2.24) is 20.1 Å². The first-order valence-corrected chi connectivity index (χ1v) is 12.6. The molecule has 0 radical (unpaired) electrons. The molecule has 36 heavy (non-hydrogen) atoms. The summed E-state index contributed by atoms with van der Waals surface area (Å²) < 4.78 is 16.3. The number of H-pyrrole nitrogens is 1. The molecule has 3 aromatic rings. The molecule has 1 aliphatic heterocycles. The fraction of sp³-hybridized carbons (Fsp3) is 0.407. The third-order valence-corrected chi connectivity index (χ3v) is 6.80. The highest BCUT2D eigenvalue weighted by Gasteiger charge is 2.17. The molecule has 2 aromatic carbocycles. The Morgan fingerprint density at radius 2 is 1.83 bits per heavy atom. The van der Waals surface area contributed by atoms with Crippen LogP contribution in [0.15, 0.2) is 53.3 Å². The van der Waals surface area contributed by atoms with Gasteiger partial charge in [-0.2, -0.15) is 0 Å². The second-order valence-electron chi connectivity index (χ2n) is 8.76. The van der Waals surface area contributed by atoms with Gasteiger partial charge in [0.2, 0.25) is 0 Å². The topological polar surface area (TPSA) is 79.1 Å². The van der Waals surface area contributed by atoms with E-state index < -0.39 is 0 Å². The van der Waals surface area contributed by atoms with Crippen LogP contribution < -0.4 is 20.3 Å². The van der Waals surface area contributed by atoms with Gasteiger partial charge in [0.25, 0.3) is 5.56 Å². The fourth-order valence-corrected chi connectivity index (χ4v) is 4.57. The number of benzene rings is 2. The van der Waals surface area contributed by atoms with Crippen molar-refractivity contribution in [3.05, 3.63) is 70.0 Å². The van der Waals surface area contributed by atoms with Gasteiger partial charge >= 0.3 is 0 Å². The molecule has 0 amide bonds. The number of morpholine rings is 1. The maximum Gasteiger partial charge on any atom is 0.253 e. The van der Waals surface area contributed by atoms with Crippen molar-refractivity contribution < 1.29 is 14.2 Å². The summed E-state index contributed by atoms with van der Waals surface area (Å²) in [6, 6.07) is 15.9. The second-order valence-corrected chi connectivity index (χ2v) is 9.15. The molecule has 0 bridgehead atoms. The Balaban J connectivity index is 1.50. The molecule has 0 spiro atoms. The first-order valence-electron chi connectivity index (χ1n) is 12.2. The van der Waals surface area contributed by atoms with Crippen LogP contribution in [0.3, 0.4) is 0 Å². The van der Waals surface area contributed by atoms with Crippen molar-refractivity contribution in [3.63, 3.8) is 0 Å². The Hall–Kier alpha value is -3.14. The lowest BCUT2D eigenvalue weighted by Crippen LogP contribution is -2.46. The molecule has 2 N–H and O–H groups in total. The van der Waals surface area contributed by atoms with Crippen molar-refractivity contribution in [2.24, 2.45) is 0 Å². The van der Waals surface area contributed by atoms with Gasteiger partial charge in [-0.05, 0) is 36.3 Å². The number of pyridine rings is 1. The zero-order valence-corrected chi connectivity index (χ0v) is 21.7. The minimum atomic E-state index is -0.141. The van der Waals surface area contributed by atoms with E-state index in [1.165, 1.54) is 5.56 Å². The number of methoxy groups -OCH3 is 2. The highest BCUT2D eigenvalue weighted by Crippen LogP contribution is 2.31. The number of hydrogen-bond donors (Lipinski definition) is 2. The molecule has 1 aromatic heterocycles. The number of ether oxygens (including phenoxy) is 3. The van der Waals surface area contributed by atoms with E-state index in [-0.39, 0.29) is 5.56 Å². The first kappa shape index (κ1) is 25.9. The van der Waals surface area contributed by atoms with Gasteiger partial charge in [-0.3, -0.25) is 9.69 Å². The zero-order valence-electron chi connectivity index (χ0n) is 20.9. The normalized spacial score (nSPS) is 13.9. The smallest absolute Gasteiger partial charge is 0.253 e. The number of nitrogens with zero attached hydrogens (tertiary/aromatic N) is 2. The average Bonchev–Trinajstić information content (AvgIpc) is 2.91. The van der Waals surface area contributed by atoms with Crippen molar-refractivity contribution in [3.8, 4) is 11.5 Å². The molecule has 1 aliphatic rings. The molecule has 192 valence electrons. The number of aromatic nitrogens is 1. The maximum atomic E-state index is 13.0. The molecule has 9 heteroatoms. The summed E-state index contributed by atoms with van der Waals surface area (Å²) in [5, 5.41) is 4.91. The lowest BCUT2D eigenvalue weighted by atomic mass is 10.1. The third-order valence-electron chi connectivity index (χ3n) is 6.40. The number of rotatable bonds is 10. The van der Waals surface area contributed by atoms with Gasteiger partial charge in [-0.1, -0.05) is 30.3 Å². The quantitative estimate of drug-likeness (QED) is 0.403. The molecule has 1 saturated heterocycles. The average molecular weight is 511 g/mol. The Morgan fingerprint density at radius 1 is 1.11 bits per heavy atom. The summed E-state index contributed by atoms with van der Waals surface area (Å²) >= 11 is 5.79. The van der Waals surface area contributed by atoms with Crippen LogP contribution in [0.1, 0.15) is 11.1 Å². The van der Waals surface area contributed by atoms with Crippen molar-refractivity contribution in [2.75, 3.05) is 60.2 Å². The molecule has 0 aliphatic carbocycles. The molecular weight excluding hydrogens is 476 g/mol. The van der Waals surface area contributed by atoms with Crippen LogP contribution in [0.5, 0.6) is 11.5 Å². The van der Waals surface area contributed by atoms with Gasteiger partial charge in [-0.15, -0.1) is 0 Å². The fourth-order valence-electron chi connectivity index (χ4n) is 4.31. The summed E-state index contributed by atoms with van der Waals surface area (Å²) in [6.45, 7) is 5.98. The predicted molar refractivity (Wildman–Crippen MR) is 146 cm³/mol. The number of fused-ring (bicyclic) bond motifs is 1. The van der Waals surface area contributed by atoms with Gasteiger partial charge in [0, 0.05) is 49.7 Å². The van der Waals surface area contributed by atoms with Gasteiger partial charge in [0.15, 0.2) is 16.6 Å². The van der Waals surface area contributed by atoms with E-state index in [1.807, 2.05) is 30.3 Å². The molecule has 2 heterocycles. The molecule has 1 fully saturated rings. The Morgan fingerprint density at radius 3 is 2.56 bits per heavy atom. The zero-order chi connectivity index (χ0) is 25.3. The van der Waals surface area contributed by atoms with Gasteiger partial charge in [0.1, 0.15) is 0 Å². The number of thiocarbonyl (C=S) groups is 1. The predicted octanol–water partition coefficient (Wildman–Crippen LogP) is 2.80. The van der Waals surface area contributed by atoms with Crippen LogP contribution in [-0.2, 0) is 17.7 Å². The van der Waals surface area contributed by atoms with Crippen LogP contribution in [0.4, 0.5) is 0 Å². The van der Waals surface area contributed by atoms with E-state index in [0.29, 0.717) is 40.8 Å². The lowest BCUT2D eigenvalue weighted by molar-refractivity contribution is 0.0357. The molecule has 0 unspecified atom stereocenters. The van der Waals surface area contributed by atoms with Crippen LogP contribution in [0, 0.1) is 0 Å². The van der Waals surface area contributed by atoms with Crippen molar-refractivity contribution >= 4 is 28.2 Å². The van der Waals surface area contributed by atoms with Crippen molar-refractivity contribution in [2.45, 2.75) is 13.0 Å². The van der Waals surface area contributed by atoms with Crippen LogP contribution >= 0.6 is 12.2 Å². The van der Waals surface area contributed by atoms with Crippen LogP contribution in [-0.4, -0.2) is 80.1 Å². The van der Waals surface area contributed by atoms with E-state index in [9.17, 15) is 4.79 Å². The first-order chi connectivity index (χ1) is 17.6. The molecule has 8 nitrogen and oxygen atoms in total. The summed E-state index contributed by atoms with van der Waals surface area (Å²) in [7, 11) is 3.18. The summed E-state index contributed by atoms with van der Waals surface area (Å²) in [6.07, 6.45) is 0.871. The minimum Gasteiger partial charge on any atom is -0.493 e. The number of nitrogens with one attached hydrogen (secondary N) is 2. The molecule has 0 saturated carbocycles. The van der Waals surface area contributed by atoms with E-state index >= 15 is 0 Å². The van der Waals surface area contributed by atoms with E-state index in [1.54, 1.807) is 20.3 Å². The van der Waals surface area contributed by atoms with Gasteiger partial charge < -0.3 is 29.4 Å². The number of hydrogen-bond acceptors (Lipinski definition) is 6. The highest BCUT2D eigenvalue weighted by atomic mass is 32.1. The van der Waals surface area contributed by atoms with Gasteiger partial charge in [-0.25, -0.2) is 0 Å². The number of aromatic amines is 1. The Bertz CT molecular complexity index is 1210. The van der Waals surface area contributed by atoms with E-state index in [4.69, 9.17) is 26.4 Å². The monoisotopic (exact) mass is 510 g/mol. The molecule has 4 rings (SSSR count). The minimum absolute atomic E-state index is 0.141. The van der Waals surface area contributed by atoms with Crippen LogP contribution in [0.25, 0.3) is 10.9 Å². The summed E-state index contributed by atoms with van der Waals surface area (Å²) in [4.78, 5) is 20.4. The summed E-state index contributed by atoms with van der Waals surface area (Å²) in [5.74, 6) is 1.19. The van der Waals surface area contributed by atoms with Gasteiger partial charge in [0.05, 0.1) is 39.5 Å². The van der Waals surface area contributed by atoms with E-state index in [0.717, 1.165) is 51.2 Å². The summed E-state index contributed by atoms with van der Waals surface area (Å²) in [5.41, 5.74) is 2.45. The molecular formula is C27H34N4O4S. The van der Waals surface area contributed by atoms with Crippen LogP contribution in [0.2, 0.25) is 0 Å². The maximum absolute atomic E-state index is 13.0. The van der Waals surface area contributed by atoms with Crippen molar-refractivity contribution in [1.29, 1.82) is 0 Å². The van der Waals surface area contributed by atoms with E-state index in [2.05, 4.69) is 32.2 Å². The second kappa shape index (κ2) is 12.7. The highest BCUT2D eigenvalue weighted by molar-refractivity contribution is 7.80. The standard InChI is InChI=1S/C27H34N4O4S/c1-33-24-17-21-16-22(26(32)29-23(21)18-25(24)34-2)19-31(11-10-30-12-14-35-15-13-30)27(36)28-9-8-20-6-4-3-5-7-20/h3-7,16-18H,8-15,19H2,1-2H3,(H,28,36)(H,29,32). The Kier molecular flexibility index (Phi) is 9.16. The lowest BCUT2D eigenvalue weighted by Gasteiger charge is -2.31. The third kappa shape index (κ3) is 6.75. The SMILES string of the molecule is COc1cc2cc(CN(CCN3CCOCC3)C(=S)NCCc3ccccc3)c(=O)[nH]c2cc1OC.